The Balaban J connectivity index is 2.17. The first kappa shape index (κ1) is 15.4. The van der Waals surface area contributed by atoms with Crippen molar-refractivity contribution in [3.8, 4) is 5.75 Å². The fraction of sp³-hybridized carbons (Fsp3) is 0.143. The molecule has 7 heteroatoms. The van der Waals surface area contributed by atoms with Crippen molar-refractivity contribution in [1.82, 2.24) is 0 Å². The molecular formula is C14H11BrFNO4. The predicted molar refractivity (Wildman–Crippen MR) is 77.5 cm³/mol. The van der Waals surface area contributed by atoms with E-state index in [1.807, 2.05) is 0 Å². The molecule has 0 aliphatic rings. The molecule has 0 amide bonds. The van der Waals surface area contributed by atoms with E-state index in [0.29, 0.717) is 21.3 Å². The van der Waals surface area contributed by atoms with Gasteiger partial charge in [-0.25, -0.2) is 0 Å². The summed E-state index contributed by atoms with van der Waals surface area (Å²) in [5.74, 6) is -0.450. The fourth-order valence-corrected chi connectivity index (χ4v) is 2.31. The van der Waals surface area contributed by atoms with Crippen molar-refractivity contribution >= 4 is 21.6 Å². The molecule has 0 aliphatic heterocycles. The minimum absolute atomic E-state index is 0.0323. The topological polar surface area (TPSA) is 72.6 Å². The third kappa shape index (κ3) is 3.56. The molecule has 2 aromatic carbocycles. The number of benzene rings is 2. The molecule has 5 nitrogen and oxygen atoms in total. The third-order valence-corrected chi connectivity index (χ3v) is 3.44. The lowest BCUT2D eigenvalue weighted by Gasteiger charge is -2.12. The molecule has 1 N–H and O–H groups in total. The Morgan fingerprint density at radius 1 is 1.33 bits per heavy atom. The number of halogens is 2. The molecule has 0 aromatic heterocycles. The third-order valence-electron chi connectivity index (χ3n) is 2.81. The molecule has 0 atom stereocenters. The Bertz CT molecular complexity index is 678. The Morgan fingerprint density at radius 2 is 2.10 bits per heavy atom. The van der Waals surface area contributed by atoms with E-state index in [0.717, 1.165) is 12.1 Å². The summed E-state index contributed by atoms with van der Waals surface area (Å²) in [5, 5.41) is 19.8. The molecule has 0 aliphatic carbocycles. The van der Waals surface area contributed by atoms with Crippen LogP contribution in [0.5, 0.6) is 5.75 Å². The van der Waals surface area contributed by atoms with Gasteiger partial charge in [-0.2, -0.15) is 4.39 Å². The first-order chi connectivity index (χ1) is 10.0. The summed E-state index contributed by atoms with van der Waals surface area (Å²) >= 11 is 3.31. The van der Waals surface area contributed by atoms with Crippen molar-refractivity contribution in [3.05, 3.63) is 67.9 Å². The Labute approximate surface area is 128 Å². The number of ether oxygens (including phenoxy) is 1. The van der Waals surface area contributed by atoms with Crippen LogP contribution in [0, 0.1) is 15.9 Å². The van der Waals surface area contributed by atoms with E-state index in [1.54, 1.807) is 18.2 Å². The second kappa shape index (κ2) is 6.64. The highest BCUT2D eigenvalue weighted by atomic mass is 79.9. The molecule has 0 saturated heterocycles. The first-order valence-electron chi connectivity index (χ1n) is 5.96. The van der Waals surface area contributed by atoms with Gasteiger partial charge in [-0.1, -0.05) is 12.1 Å². The maximum absolute atomic E-state index is 13.5. The molecule has 0 heterocycles. The zero-order chi connectivity index (χ0) is 15.4. The molecule has 0 spiro atoms. The summed E-state index contributed by atoms with van der Waals surface area (Å²) in [7, 11) is 0. The summed E-state index contributed by atoms with van der Waals surface area (Å²) in [6, 6.07) is 8.81. The second-order valence-electron chi connectivity index (χ2n) is 4.22. The van der Waals surface area contributed by atoms with Crippen LogP contribution < -0.4 is 4.74 Å². The summed E-state index contributed by atoms with van der Waals surface area (Å²) in [6.45, 7) is -0.159. The van der Waals surface area contributed by atoms with E-state index < -0.39 is 16.4 Å². The average molecular weight is 356 g/mol. The number of nitro benzene ring substituents is 1. The van der Waals surface area contributed by atoms with Gasteiger partial charge in [0, 0.05) is 11.6 Å². The van der Waals surface area contributed by atoms with E-state index >= 15 is 0 Å². The van der Waals surface area contributed by atoms with Crippen LogP contribution in [-0.2, 0) is 13.2 Å². The van der Waals surface area contributed by atoms with Gasteiger partial charge in [0.1, 0.15) is 12.4 Å². The molecule has 21 heavy (non-hydrogen) atoms. The lowest BCUT2D eigenvalue weighted by molar-refractivity contribution is -0.387. The summed E-state index contributed by atoms with van der Waals surface area (Å²) in [6.07, 6.45) is 0. The van der Waals surface area contributed by atoms with Crippen LogP contribution in [0.2, 0.25) is 0 Å². The number of para-hydroxylation sites is 1. The molecule has 2 rings (SSSR count). The SMILES string of the molecule is O=[N+]([O-])c1ccc(COc2c(Br)cccc2CO)cc1F. The van der Waals surface area contributed by atoms with Crippen LogP contribution in [0.4, 0.5) is 10.1 Å². The number of hydrogen-bond acceptors (Lipinski definition) is 4. The molecule has 0 fully saturated rings. The van der Waals surface area contributed by atoms with E-state index in [2.05, 4.69) is 15.9 Å². The predicted octanol–water partition coefficient (Wildman–Crippen LogP) is 3.57. The van der Waals surface area contributed by atoms with Gasteiger partial charge in [-0.3, -0.25) is 10.1 Å². The number of nitro groups is 1. The zero-order valence-electron chi connectivity index (χ0n) is 10.8. The lowest BCUT2D eigenvalue weighted by Crippen LogP contribution is -2.01. The quantitative estimate of drug-likeness (QED) is 0.657. The number of aliphatic hydroxyl groups excluding tert-OH is 1. The van der Waals surface area contributed by atoms with Crippen LogP contribution in [-0.4, -0.2) is 10.0 Å². The molecule has 2 aromatic rings. The van der Waals surface area contributed by atoms with Crippen LogP contribution in [0.1, 0.15) is 11.1 Å². The van der Waals surface area contributed by atoms with Gasteiger partial charge >= 0.3 is 5.69 Å². The maximum atomic E-state index is 13.5. The average Bonchev–Trinajstić information content (AvgIpc) is 2.45. The highest BCUT2D eigenvalue weighted by Crippen LogP contribution is 2.30. The monoisotopic (exact) mass is 355 g/mol. The summed E-state index contributed by atoms with van der Waals surface area (Å²) < 4.78 is 19.7. The maximum Gasteiger partial charge on any atom is 0.304 e. The van der Waals surface area contributed by atoms with Gasteiger partial charge in [0.05, 0.1) is 16.0 Å². The molecular weight excluding hydrogens is 345 g/mol. The molecule has 0 unspecified atom stereocenters. The molecule has 110 valence electrons. The highest BCUT2D eigenvalue weighted by Gasteiger charge is 2.14. The lowest BCUT2D eigenvalue weighted by atomic mass is 10.2. The Morgan fingerprint density at radius 3 is 2.71 bits per heavy atom. The van der Waals surface area contributed by atoms with Crippen molar-refractivity contribution in [2.45, 2.75) is 13.2 Å². The van der Waals surface area contributed by atoms with Gasteiger partial charge in [-0.15, -0.1) is 0 Å². The van der Waals surface area contributed by atoms with Gasteiger partial charge < -0.3 is 9.84 Å². The van der Waals surface area contributed by atoms with Crippen molar-refractivity contribution in [3.63, 3.8) is 0 Å². The van der Waals surface area contributed by atoms with E-state index in [4.69, 9.17) is 4.74 Å². The largest absolute Gasteiger partial charge is 0.487 e. The smallest absolute Gasteiger partial charge is 0.304 e. The summed E-state index contributed by atoms with van der Waals surface area (Å²) in [4.78, 5) is 9.76. The molecule has 0 radical (unpaired) electrons. The molecule has 0 saturated carbocycles. The van der Waals surface area contributed by atoms with Crippen LogP contribution in [0.3, 0.4) is 0 Å². The normalized spacial score (nSPS) is 10.4. The number of nitrogens with zero attached hydrogens (tertiary/aromatic N) is 1. The van der Waals surface area contributed by atoms with Crippen LogP contribution in [0.25, 0.3) is 0 Å². The van der Waals surface area contributed by atoms with E-state index in [-0.39, 0.29) is 13.2 Å². The number of aliphatic hydroxyl groups is 1. The van der Waals surface area contributed by atoms with Gasteiger partial charge in [0.25, 0.3) is 0 Å². The number of hydrogen-bond donors (Lipinski definition) is 1. The van der Waals surface area contributed by atoms with Gasteiger partial charge in [0.15, 0.2) is 0 Å². The van der Waals surface area contributed by atoms with E-state index in [9.17, 15) is 19.6 Å². The molecule has 0 bridgehead atoms. The minimum atomic E-state index is -0.907. The van der Waals surface area contributed by atoms with Crippen molar-refractivity contribution in [2.24, 2.45) is 0 Å². The summed E-state index contributed by atoms with van der Waals surface area (Å²) in [5.41, 5.74) is 0.472. The first-order valence-corrected chi connectivity index (χ1v) is 6.76. The van der Waals surface area contributed by atoms with Gasteiger partial charge in [0.2, 0.25) is 5.82 Å². The van der Waals surface area contributed by atoms with E-state index in [1.165, 1.54) is 6.07 Å². The van der Waals surface area contributed by atoms with Crippen molar-refractivity contribution < 1.29 is 19.2 Å². The second-order valence-corrected chi connectivity index (χ2v) is 5.07. The minimum Gasteiger partial charge on any atom is -0.487 e. The van der Waals surface area contributed by atoms with Crippen molar-refractivity contribution in [1.29, 1.82) is 0 Å². The van der Waals surface area contributed by atoms with Crippen LogP contribution in [0.15, 0.2) is 40.9 Å². The fourth-order valence-electron chi connectivity index (χ4n) is 1.78. The standard InChI is InChI=1S/C14H11BrFNO4/c15-11-3-1-2-10(7-18)14(11)21-8-9-4-5-13(17(19)20)12(16)6-9/h1-6,18H,7-8H2. The Hall–Kier alpha value is -1.99. The van der Waals surface area contributed by atoms with Gasteiger partial charge in [-0.05, 0) is 39.7 Å². The van der Waals surface area contributed by atoms with Crippen LogP contribution >= 0.6 is 15.9 Å². The Kier molecular flexibility index (Phi) is 4.87. The highest BCUT2D eigenvalue weighted by molar-refractivity contribution is 9.10. The van der Waals surface area contributed by atoms with Crippen molar-refractivity contribution in [2.75, 3.05) is 0 Å². The number of rotatable bonds is 5. The zero-order valence-corrected chi connectivity index (χ0v) is 12.3.